The number of hydrogen-bond acceptors (Lipinski definition) is 3. The third-order valence-corrected chi connectivity index (χ3v) is 3.47. The molecular formula is C11H21NO2. The van der Waals surface area contributed by atoms with Gasteiger partial charge in [0.15, 0.2) is 0 Å². The van der Waals surface area contributed by atoms with E-state index in [1.165, 1.54) is 25.7 Å². The zero-order chi connectivity index (χ0) is 10.0. The lowest BCUT2D eigenvalue weighted by atomic mass is 9.93. The third kappa shape index (κ3) is 2.10. The fraction of sp³-hybridized carbons (Fsp3) is 1.00. The Labute approximate surface area is 86.0 Å². The minimum Gasteiger partial charge on any atom is -0.396 e. The highest BCUT2D eigenvalue weighted by molar-refractivity contribution is 4.88. The smallest absolute Gasteiger partial charge is 0.0909 e. The van der Waals surface area contributed by atoms with Crippen molar-refractivity contribution >= 4 is 0 Å². The molecular weight excluding hydrogens is 178 g/mol. The molecule has 0 amide bonds. The van der Waals surface area contributed by atoms with Crippen LogP contribution in [-0.4, -0.2) is 35.0 Å². The first-order valence-corrected chi connectivity index (χ1v) is 5.80. The lowest BCUT2D eigenvalue weighted by Gasteiger charge is -2.24. The highest BCUT2D eigenvalue weighted by Gasteiger charge is 2.41. The molecule has 0 aliphatic carbocycles. The van der Waals surface area contributed by atoms with E-state index in [1.54, 1.807) is 0 Å². The van der Waals surface area contributed by atoms with Gasteiger partial charge in [-0.25, -0.2) is 0 Å². The number of aliphatic hydroxyl groups is 1. The Morgan fingerprint density at radius 3 is 3.07 bits per heavy atom. The number of rotatable bonds is 2. The Bertz CT molecular complexity index is 182. The largest absolute Gasteiger partial charge is 0.396 e. The van der Waals surface area contributed by atoms with E-state index in [9.17, 15) is 0 Å². The van der Waals surface area contributed by atoms with E-state index in [2.05, 4.69) is 12.0 Å². The van der Waals surface area contributed by atoms with Crippen molar-refractivity contribution in [3.8, 4) is 0 Å². The fourth-order valence-corrected chi connectivity index (χ4v) is 2.68. The first-order chi connectivity index (χ1) is 6.73. The molecule has 2 atom stereocenters. The number of hydrogen-bond donors (Lipinski definition) is 1. The van der Waals surface area contributed by atoms with Crippen molar-refractivity contribution in [2.75, 3.05) is 13.2 Å². The minimum atomic E-state index is -0.100. The van der Waals surface area contributed by atoms with Gasteiger partial charge in [0.25, 0.3) is 0 Å². The molecule has 2 saturated heterocycles. The summed E-state index contributed by atoms with van der Waals surface area (Å²) in [6.45, 7) is 3.43. The molecule has 0 aromatic carbocycles. The molecule has 3 heteroatoms. The fourth-order valence-electron chi connectivity index (χ4n) is 2.68. The van der Waals surface area contributed by atoms with Crippen LogP contribution in [0.25, 0.3) is 0 Å². The van der Waals surface area contributed by atoms with Crippen LogP contribution in [0.3, 0.4) is 0 Å². The van der Waals surface area contributed by atoms with Crippen LogP contribution >= 0.6 is 0 Å². The zero-order valence-corrected chi connectivity index (χ0v) is 9.04. The van der Waals surface area contributed by atoms with E-state index in [0.29, 0.717) is 6.04 Å². The Morgan fingerprint density at radius 2 is 2.29 bits per heavy atom. The number of nitrogens with zero attached hydrogens (tertiary/aromatic N) is 1. The van der Waals surface area contributed by atoms with Crippen LogP contribution in [-0.2, 0) is 4.84 Å². The molecule has 1 N–H and O–H groups in total. The maximum atomic E-state index is 8.98. The van der Waals surface area contributed by atoms with Crippen molar-refractivity contribution in [2.24, 2.45) is 0 Å². The standard InChI is InChI=1S/C11H21NO2/c1-11(6-8-13)9-10-5-3-2-4-7-12(10)14-11/h10,13H,2-9H2,1H3/t10-,11+/m0/s1. The molecule has 2 aliphatic heterocycles. The van der Waals surface area contributed by atoms with Gasteiger partial charge in [0.1, 0.15) is 0 Å². The zero-order valence-electron chi connectivity index (χ0n) is 9.04. The summed E-state index contributed by atoms with van der Waals surface area (Å²) in [4.78, 5) is 5.95. The SMILES string of the molecule is C[C@@]1(CCO)C[C@@H]2CCCCCN2O1. The summed E-state index contributed by atoms with van der Waals surface area (Å²) in [7, 11) is 0. The van der Waals surface area contributed by atoms with Crippen molar-refractivity contribution in [1.29, 1.82) is 0 Å². The van der Waals surface area contributed by atoms with E-state index in [4.69, 9.17) is 9.94 Å². The molecule has 0 aromatic rings. The molecule has 82 valence electrons. The summed E-state index contributed by atoms with van der Waals surface area (Å²) in [5.41, 5.74) is -0.100. The maximum absolute atomic E-state index is 8.98. The summed E-state index contributed by atoms with van der Waals surface area (Å²) < 4.78 is 0. The summed E-state index contributed by atoms with van der Waals surface area (Å²) in [5, 5.41) is 11.2. The van der Waals surface area contributed by atoms with E-state index in [-0.39, 0.29) is 12.2 Å². The normalized spacial score (nSPS) is 39.4. The average Bonchev–Trinajstić information content (AvgIpc) is 2.31. The van der Waals surface area contributed by atoms with Crippen LogP contribution in [0.2, 0.25) is 0 Å². The van der Waals surface area contributed by atoms with Crippen LogP contribution in [0.15, 0.2) is 0 Å². The second-order valence-corrected chi connectivity index (χ2v) is 4.86. The van der Waals surface area contributed by atoms with Crippen LogP contribution in [0.1, 0.15) is 45.4 Å². The Kier molecular flexibility index (Phi) is 3.10. The van der Waals surface area contributed by atoms with Gasteiger partial charge >= 0.3 is 0 Å². The van der Waals surface area contributed by atoms with Gasteiger partial charge in [0.05, 0.1) is 5.60 Å². The molecule has 0 aromatic heterocycles. The summed E-state index contributed by atoms with van der Waals surface area (Å²) in [6, 6.07) is 0.606. The van der Waals surface area contributed by atoms with Crippen molar-refractivity contribution in [2.45, 2.75) is 57.1 Å². The molecule has 2 heterocycles. The molecule has 2 fully saturated rings. The summed E-state index contributed by atoms with van der Waals surface area (Å²) in [6.07, 6.45) is 7.05. The van der Waals surface area contributed by atoms with E-state index >= 15 is 0 Å². The molecule has 3 nitrogen and oxygen atoms in total. The Hall–Kier alpha value is -0.120. The number of fused-ring (bicyclic) bond motifs is 1. The van der Waals surface area contributed by atoms with E-state index in [1.807, 2.05) is 0 Å². The summed E-state index contributed by atoms with van der Waals surface area (Å²) in [5.74, 6) is 0. The lowest BCUT2D eigenvalue weighted by Crippen LogP contribution is -2.30. The van der Waals surface area contributed by atoms with Crippen molar-refractivity contribution in [3.05, 3.63) is 0 Å². The van der Waals surface area contributed by atoms with Gasteiger partial charge in [-0.05, 0) is 26.2 Å². The van der Waals surface area contributed by atoms with Crippen molar-refractivity contribution in [1.82, 2.24) is 5.06 Å². The number of hydroxylamine groups is 2. The van der Waals surface area contributed by atoms with Gasteiger partial charge in [-0.3, -0.25) is 4.84 Å². The molecule has 2 aliphatic rings. The van der Waals surface area contributed by atoms with Crippen LogP contribution in [0.5, 0.6) is 0 Å². The minimum absolute atomic E-state index is 0.100. The monoisotopic (exact) mass is 199 g/mol. The second-order valence-electron chi connectivity index (χ2n) is 4.86. The molecule has 0 bridgehead atoms. The molecule has 14 heavy (non-hydrogen) atoms. The van der Waals surface area contributed by atoms with Gasteiger partial charge in [0, 0.05) is 25.6 Å². The molecule has 0 unspecified atom stereocenters. The highest BCUT2D eigenvalue weighted by Crippen LogP contribution is 2.36. The first kappa shape index (κ1) is 10.4. The lowest BCUT2D eigenvalue weighted by molar-refractivity contribution is -0.201. The third-order valence-electron chi connectivity index (χ3n) is 3.47. The predicted octanol–water partition coefficient (Wildman–Crippen LogP) is 1.71. The van der Waals surface area contributed by atoms with Gasteiger partial charge in [-0.1, -0.05) is 12.8 Å². The molecule has 0 saturated carbocycles. The van der Waals surface area contributed by atoms with Gasteiger partial charge in [-0.15, -0.1) is 0 Å². The first-order valence-electron chi connectivity index (χ1n) is 5.80. The highest BCUT2D eigenvalue weighted by atomic mass is 16.7. The predicted molar refractivity (Wildman–Crippen MR) is 54.8 cm³/mol. The van der Waals surface area contributed by atoms with Crippen molar-refractivity contribution < 1.29 is 9.94 Å². The van der Waals surface area contributed by atoms with Crippen molar-refractivity contribution in [3.63, 3.8) is 0 Å². The topological polar surface area (TPSA) is 32.7 Å². The molecule has 2 rings (SSSR count). The van der Waals surface area contributed by atoms with E-state index in [0.717, 1.165) is 19.4 Å². The molecule has 0 radical (unpaired) electrons. The van der Waals surface area contributed by atoms with Crippen LogP contribution < -0.4 is 0 Å². The second kappa shape index (κ2) is 4.17. The Balaban J connectivity index is 1.97. The number of aliphatic hydroxyl groups excluding tert-OH is 1. The van der Waals surface area contributed by atoms with Gasteiger partial charge in [0.2, 0.25) is 0 Å². The maximum Gasteiger partial charge on any atom is 0.0909 e. The van der Waals surface area contributed by atoms with Gasteiger partial charge in [-0.2, -0.15) is 5.06 Å². The quantitative estimate of drug-likeness (QED) is 0.735. The van der Waals surface area contributed by atoms with Crippen LogP contribution in [0, 0.1) is 0 Å². The average molecular weight is 199 g/mol. The molecule has 0 spiro atoms. The van der Waals surface area contributed by atoms with Gasteiger partial charge < -0.3 is 5.11 Å². The Morgan fingerprint density at radius 1 is 1.43 bits per heavy atom. The summed E-state index contributed by atoms with van der Waals surface area (Å²) >= 11 is 0. The van der Waals surface area contributed by atoms with Crippen LogP contribution in [0.4, 0.5) is 0 Å². The van der Waals surface area contributed by atoms with E-state index < -0.39 is 0 Å².